The molecule has 29 heavy (non-hydrogen) atoms. The van der Waals surface area contributed by atoms with E-state index in [1.807, 2.05) is 31.2 Å². The lowest BCUT2D eigenvalue weighted by Gasteiger charge is -2.50. The Bertz CT molecular complexity index is 903. The van der Waals surface area contributed by atoms with Crippen LogP contribution in [0.1, 0.15) is 45.1 Å². The maximum atomic E-state index is 13.2. The summed E-state index contributed by atoms with van der Waals surface area (Å²) in [5.41, 5.74) is 2.24. The molecule has 4 rings (SSSR count). The fraction of sp³-hybridized carbons (Fsp3) is 0.500. The number of ketones is 1. The number of nitrogens with zero attached hydrogens (tertiary/aromatic N) is 1. The SMILES string of the molecule is CCN1C(=O)NC(=O)C2C(c3ccc(OC)cc3)C3=C(CC(C)(C)CC3=O)NC21. The molecule has 0 aromatic heterocycles. The van der Waals surface area contributed by atoms with Crippen molar-refractivity contribution in [2.75, 3.05) is 13.7 Å². The summed E-state index contributed by atoms with van der Waals surface area (Å²) >= 11 is 0. The monoisotopic (exact) mass is 397 g/mol. The third kappa shape index (κ3) is 3.18. The van der Waals surface area contributed by atoms with E-state index in [1.54, 1.807) is 12.0 Å². The molecule has 7 heteroatoms. The van der Waals surface area contributed by atoms with E-state index in [0.29, 0.717) is 30.7 Å². The molecule has 7 nitrogen and oxygen atoms in total. The maximum absolute atomic E-state index is 13.2. The summed E-state index contributed by atoms with van der Waals surface area (Å²) in [5, 5.41) is 5.88. The molecule has 0 radical (unpaired) electrons. The Morgan fingerprint density at radius 1 is 1.14 bits per heavy atom. The van der Waals surface area contributed by atoms with E-state index in [2.05, 4.69) is 24.5 Å². The molecular formula is C22H27N3O4. The minimum Gasteiger partial charge on any atom is -0.497 e. The number of allylic oxidation sites excluding steroid dienone is 2. The van der Waals surface area contributed by atoms with Gasteiger partial charge in [0.25, 0.3) is 0 Å². The number of fused-ring (bicyclic) bond motifs is 1. The van der Waals surface area contributed by atoms with Gasteiger partial charge in [0.05, 0.1) is 13.0 Å². The molecule has 1 aromatic carbocycles. The van der Waals surface area contributed by atoms with Crippen molar-refractivity contribution in [1.82, 2.24) is 15.5 Å². The van der Waals surface area contributed by atoms with Crippen LogP contribution in [0.3, 0.4) is 0 Å². The van der Waals surface area contributed by atoms with Gasteiger partial charge < -0.3 is 15.0 Å². The second-order valence-electron chi connectivity index (χ2n) is 8.78. The number of urea groups is 1. The first kappa shape index (κ1) is 19.5. The second kappa shape index (κ2) is 6.90. The molecule has 3 aliphatic rings. The lowest BCUT2D eigenvalue weighted by atomic mass is 9.65. The van der Waals surface area contributed by atoms with Gasteiger partial charge in [0.1, 0.15) is 11.9 Å². The highest BCUT2D eigenvalue weighted by Gasteiger charge is 2.53. The third-order valence-electron chi connectivity index (χ3n) is 6.20. The van der Waals surface area contributed by atoms with Gasteiger partial charge in [-0.05, 0) is 36.5 Å². The lowest BCUT2D eigenvalue weighted by Crippen LogP contribution is -2.68. The van der Waals surface area contributed by atoms with Crippen LogP contribution in [-0.4, -0.2) is 42.4 Å². The van der Waals surface area contributed by atoms with Crippen molar-refractivity contribution < 1.29 is 19.1 Å². The van der Waals surface area contributed by atoms with Gasteiger partial charge in [-0.2, -0.15) is 0 Å². The average molecular weight is 397 g/mol. The molecular weight excluding hydrogens is 370 g/mol. The van der Waals surface area contributed by atoms with Gasteiger partial charge in [0, 0.05) is 30.2 Å². The fourth-order valence-electron chi connectivity index (χ4n) is 4.93. The summed E-state index contributed by atoms with van der Waals surface area (Å²) in [7, 11) is 1.60. The summed E-state index contributed by atoms with van der Waals surface area (Å²) in [6.45, 7) is 6.49. The van der Waals surface area contributed by atoms with Gasteiger partial charge in [-0.1, -0.05) is 26.0 Å². The van der Waals surface area contributed by atoms with Crippen molar-refractivity contribution in [3.05, 3.63) is 41.1 Å². The van der Waals surface area contributed by atoms with Gasteiger partial charge in [-0.3, -0.25) is 14.9 Å². The van der Waals surface area contributed by atoms with Gasteiger partial charge >= 0.3 is 6.03 Å². The number of carbonyl (C=O) groups excluding carboxylic acids is 3. The lowest BCUT2D eigenvalue weighted by molar-refractivity contribution is -0.130. The Labute approximate surface area is 170 Å². The predicted octanol–water partition coefficient (Wildman–Crippen LogP) is 2.54. The number of hydrogen-bond donors (Lipinski definition) is 2. The zero-order valence-electron chi connectivity index (χ0n) is 17.2. The molecule has 1 aliphatic carbocycles. The summed E-state index contributed by atoms with van der Waals surface area (Å²) in [6.07, 6.45) is 0.668. The molecule has 3 unspecified atom stereocenters. The molecule has 3 atom stereocenters. The largest absolute Gasteiger partial charge is 0.497 e. The van der Waals surface area contributed by atoms with Crippen LogP contribution in [0.2, 0.25) is 0 Å². The van der Waals surface area contributed by atoms with E-state index in [0.717, 1.165) is 11.3 Å². The minimum atomic E-state index is -0.579. The first-order chi connectivity index (χ1) is 13.8. The van der Waals surface area contributed by atoms with E-state index < -0.39 is 24.0 Å². The molecule has 0 spiro atoms. The van der Waals surface area contributed by atoms with Crippen molar-refractivity contribution in [3.63, 3.8) is 0 Å². The van der Waals surface area contributed by atoms with Gasteiger partial charge in [0.2, 0.25) is 5.91 Å². The molecule has 0 saturated carbocycles. The van der Waals surface area contributed by atoms with Gasteiger partial charge in [0.15, 0.2) is 5.78 Å². The van der Waals surface area contributed by atoms with Gasteiger partial charge in [-0.25, -0.2) is 4.79 Å². The number of Topliss-reactive ketones (excluding diaryl/α,β-unsaturated/α-hetero) is 1. The van der Waals surface area contributed by atoms with Crippen LogP contribution in [0, 0.1) is 11.3 Å². The Morgan fingerprint density at radius 2 is 1.83 bits per heavy atom. The Morgan fingerprint density at radius 3 is 2.45 bits per heavy atom. The smallest absolute Gasteiger partial charge is 0.325 e. The predicted molar refractivity (Wildman–Crippen MR) is 107 cm³/mol. The Balaban J connectivity index is 1.88. The first-order valence-corrected chi connectivity index (χ1v) is 10.0. The number of carbonyl (C=O) groups is 3. The first-order valence-electron chi connectivity index (χ1n) is 10.0. The van der Waals surface area contributed by atoms with Crippen LogP contribution in [-0.2, 0) is 9.59 Å². The third-order valence-corrected chi connectivity index (χ3v) is 6.20. The molecule has 2 N–H and O–H groups in total. The van der Waals surface area contributed by atoms with Crippen LogP contribution in [0.4, 0.5) is 4.79 Å². The van der Waals surface area contributed by atoms with Crippen molar-refractivity contribution in [3.8, 4) is 5.75 Å². The summed E-state index contributed by atoms with van der Waals surface area (Å²) in [6, 6.07) is 7.10. The number of methoxy groups -OCH3 is 1. The molecule has 0 bridgehead atoms. The quantitative estimate of drug-likeness (QED) is 0.818. The Hall–Kier alpha value is -2.83. The zero-order chi connectivity index (χ0) is 20.9. The summed E-state index contributed by atoms with van der Waals surface area (Å²) in [5.74, 6) is -0.557. The number of rotatable bonds is 3. The molecule has 1 saturated heterocycles. The van der Waals surface area contributed by atoms with Gasteiger partial charge in [-0.15, -0.1) is 0 Å². The van der Waals surface area contributed by atoms with Crippen molar-refractivity contribution in [2.45, 2.75) is 45.7 Å². The topological polar surface area (TPSA) is 87.7 Å². The molecule has 2 aliphatic heterocycles. The number of benzene rings is 1. The molecule has 2 heterocycles. The molecule has 154 valence electrons. The zero-order valence-corrected chi connectivity index (χ0v) is 17.2. The number of ether oxygens (including phenoxy) is 1. The van der Waals surface area contributed by atoms with Crippen LogP contribution in [0.15, 0.2) is 35.5 Å². The number of nitrogens with one attached hydrogen (secondary N) is 2. The van der Waals surface area contributed by atoms with Crippen molar-refractivity contribution in [1.29, 1.82) is 0 Å². The highest BCUT2D eigenvalue weighted by Crippen LogP contribution is 2.48. The highest BCUT2D eigenvalue weighted by molar-refractivity contribution is 6.04. The normalized spacial score (nSPS) is 28.3. The van der Waals surface area contributed by atoms with Crippen molar-refractivity contribution in [2.24, 2.45) is 11.3 Å². The van der Waals surface area contributed by atoms with E-state index >= 15 is 0 Å². The van der Waals surface area contributed by atoms with E-state index in [4.69, 9.17) is 4.74 Å². The standard InChI is InChI=1S/C22H27N3O4/c1-5-25-19-18(20(27)24-21(25)28)16(12-6-8-13(29-4)9-7-12)17-14(23-19)10-22(2,3)11-15(17)26/h6-9,16,18-19,23H,5,10-11H2,1-4H3,(H,24,27,28). The number of amides is 3. The summed E-state index contributed by atoms with van der Waals surface area (Å²) in [4.78, 5) is 40.2. The van der Waals surface area contributed by atoms with Crippen molar-refractivity contribution >= 4 is 17.7 Å². The molecule has 1 aromatic rings. The van der Waals surface area contributed by atoms with E-state index in [-0.39, 0.29) is 17.1 Å². The average Bonchev–Trinajstić information content (AvgIpc) is 2.66. The van der Waals surface area contributed by atoms with Crippen LogP contribution in [0.5, 0.6) is 5.75 Å². The highest BCUT2D eigenvalue weighted by atomic mass is 16.5. The number of imide groups is 1. The maximum Gasteiger partial charge on any atom is 0.325 e. The Kier molecular flexibility index (Phi) is 4.63. The van der Waals surface area contributed by atoms with Crippen LogP contribution in [0.25, 0.3) is 0 Å². The summed E-state index contributed by atoms with van der Waals surface area (Å²) < 4.78 is 5.26. The van der Waals surface area contributed by atoms with Crippen LogP contribution >= 0.6 is 0 Å². The van der Waals surface area contributed by atoms with E-state index in [9.17, 15) is 14.4 Å². The molecule has 3 amide bonds. The molecule has 1 fully saturated rings. The number of hydrogen-bond acceptors (Lipinski definition) is 5. The minimum absolute atomic E-state index is 0.0655. The second-order valence-corrected chi connectivity index (χ2v) is 8.78. The van der Waals surface area contributed by atoms with Crippen LogP contribution < -0.4 is 15.4 Å². The fourth-order valence-corrected chi connectivity index (χ4v) is 4.93. The van der Waals surface area contributed by atoms with E-state index in [1.165, 1.54) is 0 Å².